The van der Waals surface area contributed by atoms with Gasteiger partial charge in [-0.15, -0.1) is 0 Å². The van der Waals surface area contributed by atoms with Gasteiger partial charge in [-0.25, -0.2) is 0 Å². The molecule has 2 aliphatic heterocycles. The van der Waals surface area contributed by atoms with Crippen LogP contribution in [0.2, 0.25) is 0 Å². The van der Waals surface area contributed by atoms with Gasteiger partial charge in [0.05, 0.1) is 25.2 Å². The molecule has 0 aromatic heterocycles. The van der Waals surface area contributed by atoms with E-state index in [0.717, 1.165) is 65.1 Å². The van der Waals surface area contributed by atoms with Gasteiger partial charge in [0.1, 0.15) is 6.10 Å². The Labute approximate surface area is 168 Å². The van der Waals surface area contributed by atoms with Gasteiger partial charge >= 0.3 is 5.97 Å². The predicted octanol–water partition coefficient (Wildman–Crippen LogP) is 1.58. The highest BCUT2D eigenvalue weighted by molar-refractivity contribution is 5.76. The van der Waals surface area contributed by atoms with Crippen molar-refractivity contribution in [2.24, 2.45) is 23.2 Å². The molecule has 3 fully saturated rings. The molecule has 0 aromatic rings. The Kier molecular flexibility index (Phi) is 6.12. The molecule has 1 saturated carbocycles. The summed E-state index contributed by atoms with van der Waals surface area (Å²) in [5.41, 5.74) is 1.08. The lowest BCUT2D eigenvalue weighted by Crippen LogP contribution is -2.54. The number of aliphatic hydroxyl groups excluding tert-OH is 1. The van der Waals surface area contributed by atoms with E-state index in [-0.39, 0.29) is 29.3 Å². The van der Waals surface area contributed by atoms with Gasteiger partial charge in [0, 0.05) is 37.4 Å². The summed E-state index contributed by atoms with van der Waals surface area (Å²) in [4.78, 5) is 15.0. The monoisotopic (exact) mass is 392 g/mol. The molecule has 0 aromatic carbocycles. The lowest BCUT2D eigenvalue weighted by atomic mass is 9.55. The number of fused-ring (bicyclic) bond motifs is 2. The second kappa shape index (κ2) is 8.42. The molecule has 4 aliphatic rings. The summed E-state index contributed by atoms with van der Waals surface area (Å²) in [6.45, 7) is 10.7. The van der Waals surface area contributed by atoms with Crippen molar-refractivity contribution in [2.45, 2.75) is 51.7 Å². The number of rotatable bonds is 6. The first kappa shape index (κ1) is 20.3. The Morgan fingerprint density at radius 3 is 2.93 bits per heavy atom. The number of carbonyl (C=O) groups is 1. The third-order valence-corrected chi connectivity index (χ3v) is 7.87. The molecule has 0 bridgehead atoms. The molecule has 2 aliphatic carbocycles. The Morgan fingerprint density at radius 1 is 1.36 bits per heavy atom. The van der Waals surface area contributed by atoms with Gasteiger partial charge in [-0.2, -0.15) is 0 Å². The van der Waals surface area contributed by atoms with Crippen molar-refractivity contribution in [3.63, 3.8) is 0 Å². The van der Waals surface area contributed by atoms with Crippen LogP contribution in [-0.2, 0) is 14.3 Å². The first-order valence-corrected chi connectivity index (χ1v) is 11.1. The van der Waals surface area contributed by atoms with E-state index in [2.05, 4.69) is 30.1 Å². The summed E-state index contributed by atoms with van der Waals surface area (Å²) >= 11 is 0. The van der Waals surface area contributed by atoms with Crippen LogP contribution >= 0.6 is 0 Å². The molecule has 0 amide bonds. The number of hydrogen-bond acceptors (Lipinski definition) is 6. The first-order valence-electron chi connectivity index (χ1n) is 11.1. The van der Waals surface area contributed by atoms with Gasteiger partial charge < -0.3 is 19.9 Å². The van der Waals surface area contributed by atoms with Gasteiger partial charge in [-0.05, 0) is 38.3 Å². The van der Waals surface area contributed by atoms with Crippen LogP contribution in [0.15, 0.2) is 11.6 Å². The minimum Gasteiger partial charge on any atom is -0.461 e. The van der Waals surface area contributed by atoms with Crippen LogP contribution < -0.4 is 5.32 Å². The van der Waals surface area contributed by atoms with Gasteiger partial charge in [0.25, 0.3) is 0 Å². The fourth-order valence-corrected chi connectivity index (χ4v) is 5.81. The zero-order valence-corrected chi connectivity index (χ0v) is 17.4. The highest BCUT2D eigenvalue weighted by atomic mass is 16.6. The van der Waals surface area contributed by atoms with Gasteiger partial charge in [-0.3, -0.25) is 9.69 Å². The molecule has 0 spiro atoms. The molecule has 2 N–H and O–H groups in total. The Bertz CT molecular complexity index is 603. The zero-order chi connectivity index (χ0) is 19.7. The Balaban J connectivity index is 1.33. The molecule has 6 nitrogen and oxygen atoms in total. The molecule has 6 heteroatoms. The smallest absolute Gasteiger partial charge is 0.311 e. The van der Waals surface area contributed by atoms with Crippen LogP contribution in [0.3, 0.4) is 0 Å². The Hall–Kier alpha value is -0.950. The maximum atomic E-state index is 12.6. The van der Waals surface area contributed by atoms with Crippen LogP contribution in [0, 0.1) is 23.2 Å². The minimum absolute atomic E-state index is 0.0954. The van der Waals surface area contributed by atoms with Crippen LogP contribution in [0.1, 0.15) is 39.5 Å². The summed E-state index contributed by atoms with van der Waals surface area (Å²) < 4.78 is 11.1. The van der Waals surface area contributed by atoms with Gasteiger partial charge in [0.15, 0.2) is 0 Å². The second-order valence-electron chi connectivity index (χ2n) is 9.31. The van der Waals surface area contributed by atoms with E-state index in [1.165, 1.54) is 5.57 Å². The number of allylic oxidation sites excluding steroid dienone is 1. The molecule has 6 unspecified atom stereocenters. The number of esters is 1. The van der Waals surface area contributed by atoms with Crippen molar-refractivity contribution in [1.82, 2.24) is 10.2 Å². The molecule has 0 radical (unpaired) electrons. The van der Waals surface area contributed by atoms with Crippen LogP contribution in [0.5, 0.6) is 0 Å². The van der Waals surface area contributed by atoms with E-state index < -0.39 is 6.10 Å². The lowest BCUT2D eigenvalue weighted by molar-refractivity contribution is -0.144. The number of aliphatic hydroxyl groups is 1. The van der Waals surface area contributed by atoms with Crippen LogP contribution in [-0.4, -0.2) is 74.1 Å². The normalized spacial score (nSPS) is 41.2. The lowest BCUT2D eigenvalue weighted by Gasteiger charge is -2.51. The van der Waals surface area contributed by atoms with E-state index in [0.29, 0.717) is 12.5 Å². The van der Waals surface area contributed by atoms with Crippen LogP contribution in [0.25, 0.3) is 0 Å². The van der Waals surface area contributed by atoms with E-state index >= 15 is 0 Å². The van der Waals surface area contributed by atoms with Crippen molar-refractivity contribution >= 4 is 5.97 Å². The SMILES string of the molecule is CC1CCC=C2CC3OC(=O)C(CNCCCN4CCOCC4)C3C(O)C21C. The number of carbonyl (C=O) groups excluding carboxylic acids is 1. The van der Waals surface area contributed by atoms with E-state index in [1.807, 2.05) is 0 Å². The summed E-state index contributed by atoms with van der Waals surface area (Å²) in [6.07, 6.45) is 5.63. The second-order valence-corrected chi connectivity index (χ2v) is 9.31. The third-order valence-electron chi connectivity index (χ3n) is 7.87. The highest BCUT2D eigenvalue weighted by Gasteiger charge is 2.59. The molecule has 2 saturated heterocycles. The molecule has 28 heavy (non-hydrogen) atoms. The minimum atomic E-state index is -0.514. The van der Waals surface area contributed by atoms with Crippen molar-refractivity contribution in [1.29, 1.82) is 0 Å². The summed E-state index contributed by atoms with van der Waals surface area (Å²) in [7, 11) is 0. The first-order chi connectivity index (χ1) is 13.5. The molecule has 2 heterocycles. The molecular weight excluding hydrogens is 356 g/mol. The zero-order valence-electron chi connectivity index (χ0n) is 17.4. The van der Waals surface area contributed by atoms with Crippen LogP contribution in [0.4, 0.5) is 0 Å². The number of morpholine rings is 1. The summed E-state index contributed by atoms with van der Waals surface area (Å²) in [5.74, 6) is -0.0376. The number of ether oxygens (including phenoxy) is 2. The molecule has 6 atom stereocenters. The number of hydrogen-bond donors (Lipinski definition) is 2. The van der Waals surface area contributed by atoms with Crippen molar-refractivity contribution < 1.29 is 19.4 Å². The molecule has 4 rings (SSSR count). The fraction of sp³-hybridized carbons (Fsp3) is 0.864. The summed E-state index contributed by atoms with van der Waals surface area (Å²) in [6, 6.07) is 0. The predicted molar refractivity (Wildman–Crippen MR) is 107 cm³/mol. The quantitative estimate of drug-likeness (QED) is 0.406. The average Bonchev–Trinajstić information content (AvgIpc) is 3.00. The van der Waals surface area contributed by atoms with Gasteiger partial charge in [-0.1, -0.05) is 25.5 Å². The summed E-state index contributed by atoms with van der Waals surface area (Å²) in [5, 5.41) is 14.8. The fourth-order valence-electron chi connectivity index (χ4n) is 5.81. The average molecular weight is 393 g/mol. The standard InChI is InChI=1S/C22H36N2O4/c1-15-5-3-6-16-13-18-19(20(25)22(15,16)2)17(21(26)28-18)14-23-7-4-8-24-9-11-27-12-10-24/h6,15,17-20,23,25H,3-5,7-14H2,1-2H3. The molecular formula is C22H36N2O4. The number of nitrogens with one attached hydrogen (secondary N) is 1. The maximum absolute atomic E-state index is 12.6. The van der Waals surface area contributed by atoms with Crippen molar-refractivity contribution in [3.05, 3.63) is 11.6 Å². The topological polar surface area (TPSA) is 71.0 Å². The van der Waals surface area contributed by atoms with Crippen molar-refractivity contribution in [3.8, 4) is 0 Å². The van der Waals surface area contributed by atoms with E-state index in [9.17, 15) is 9.90 Å². The largest absolute Gasteiger partial charge is 0.461 e. The van der Waals surface area contributed by atoms with Crippen molar-refractivity contribution in [2.75, 3.05) is 45.9 Å². The Morgan fingerprint density at radius 2 is 2.14 bits per heavy atom. The van der Waals surface area contributed by atoms with E-state index in [4.69, 9.17) is 9.47 Å². The third kappa shape index (κ3) is 3.64. The number of nitrogens with zero attached hydrogens (tertiary/aromatic N) is 1. The maximum Gasteiger partial charge on any atom is 0.311 e. The molecule has 158 valence electrons. The van der Waals surface area contributed by atoms with Gasteiger partial charge in [0.2, 0.25) is 0 Å². The van der Waals surface area contributed by atoms with E-state index in [1.54, 1.807) is 0 Å². The highest BCUT2D eigenvalue weighted by Crippen LogP contribution is 2.55.